The fourth-order valence-corrected chi connectivity index (χ4v) is 1.60. The maximum Gasteiger partial charge on any atom is 0.240 e. The summed E-state index contributed by atoms with van der Waals surface area (Å²) in [4.78, 5) is 13.0. The third kappa shape index (κ3) is 1.93. The largest absolute Gasteiger partial charge is 0.322 e. The third-order valence-corrected chi connectivity index (χ3v) is 2.32. The van der Waals surface area contributed by atoms with Crippen LogP contribution in [0, 0.1) is 13.8 Å². The quantitative estimate of drug-likeness (QED) is 0.766. The van der Waals surface area contributed by atoms with Gasteiger partial charge in [-0.05, 0) is 25.0 Å². The Morgan fingerprint density at radius 2 is 1.86 bits per heavy atom. The van der Waals surface area contributed by atoms with Gasteiger partial charge in [-0.2, -0.15) is 0 Å². The predicted molar refractivity (Wildman–Crippen MR) is 58.4 cm³/mol. The summed E-state index contributed by atoms with van der Waals surface area (Å²) in [5.41, 5.74) is 8.46. The maximum absolute atomic E-state index is 11.4. The first-order valence-corrected chi connectivity index (χ1v) is 4.60. The van der Waals surface area contributed by atoms with E-state index in [1.165, 1.54) is 0 Å². The van der Waals surface area contributed by atoms with Gasteiger partial charge in [-0.3, -0.25) is 4.79 Å². The minimum Gasteiger partial charge on any atom is -0.322 e. The average molecular weight is 192 g/mol. The number of benzene rings is 1. The minimum atomic E-state index is -0.0672. The second-order valence-corrected chi connectivity index (χ2v) is 3.40. The van der Waals surface area contributed by atoms with Gasteiger partial charge in [0.2, 0.25) is 5.91 Å². The van der Waals surface area contributed by atoms with Gasteiger partial charge in [-0.1, -0.05) is 18.2 Å². The third-order valence-electron chi connectivity index (χ3n) is 2.32. The Hall–Kier alpha value is -1.35. The van der Waals surface area contributed by atoms with Gasteiger partial charge in [-0.15, -0.1) is 0 Å². The zero-order valence-electron chi connectivity index (χ0n) is 8.87. The van der Waals surface area contributed by atoms with Crippen LogP contribution >= 0.6 is 0 Å². The smallest absolute Gasteiger partial charge is 0.240 e. The molecule has 0 saturated heterocycles. The zero-order valence-corrected chi connectivity index (χ0v) is 8.87. The monoisotopic (exact) mass is 192 g/mol. The number of amides is 1. The molecule has 0 aliphatic carbocycles. The highest BCUT2D eigenvalue weighted by Crippen LogP contribution is 2.22. The first kappa shape index (κ1) is 10.7. The summed E-state index contributed by atoms with van der Waals surface area (Å²) < 4.78 is 0. The molecule has 0 saturated carbocycles. The number of nitrogens with zero attached hydrogens (tertiary/aromatic N) is 1. The number of hydrogen-bond acceptors (Lipinski definition) is 2. The molecule has 76 valence electrons. The number of hydrogen-bond donors (Lipinski definition) is 1. The molecule has 0 radical (unpaired) electrons. The topological polar surface area (TPSA) is 46.3 Å². The molecule has 1 aromatic carbocycles. The lowest BCUT2D eigenvalue weighted by atomic mass is 10.1. The number of carbonyl (C=O) groups is 1. The molecule has 1 rings (SSSR count). The van der Waals surface area contributed by atoms with Crippen molar-refractivity contribution in [3.05, 3.63) is 29.3 Å². The van der Waals surface area contributed by atoms with E-state index in [0.717, 1.165) is 16.8 Å². The molecule has 3 heteroatoms. The minimum absolute atomic E-state index is 0.0459. The molecule has 0 aliphatic heterocycles. The van der Waals surface area contributed by atoms with Gasteiger partial charge >= 0.3 is 0 Å². The molecule has 0 aliphatic rings. The number of likely N-dealkylation sites (N-methyl/N-ethyl adjacent to an activating group) is 1. The Labute approximate surface area is 84.5 Å². The summed E-state index contributed by atoms with van der Waals surface area (Å²) in [6.45, 7) is 4.02. The van der Waals surface area contributed by atoms with Gasteiger partial charge in [-0.25, -0.2) is 0 Å². The Morgan fingerprint density at radius 1 is 1.36 bits per heavy atom. The van der Waals surface area contributed by atoms with E-state index < -0.39 is 0 Å². The lowest BCUT2D eigenvalue weighted by Crippen LogP contribution is -2.33. The number of anilines is 1. The second kappa shape index (κ2) is 4.24. The van der Waals surface area contributed by atoms with Gasteiger partial charge in [0, 0.05) is 12.7 Å². The molecule has 3 nitrogen and oxygen atoms in total. The van der Waals surface area contributed by atoms with Crippen LogP contribution in [0.5, 0.6) is 0 Å². The van der Waals surface area contributed by atoms with Crippen molar-refractivity contribution in [1.29, 1.82) is 0 Å². The van der Waals surface area contributed by atoms with E-state index in [0.29, 0.717) is 0 Å². The number of rotatable bonds is 2. The van der Waals surface area contributed by atoms with Crippen molar-refractivity contribution < 1.29 is 4.79 Å². The van der Waals surface area contributed by atoms with Crippen molar-refractivity contribution in [3.63, 3.8) is 0 Å². The van der Waals surface area contributed by atoms with E-state index in [1.54, 1.807) is 11.9 Å². The molecule has 0 atom stereocenters. The molecule has 0 bridgehead atoms. The van der Waals surface area contributed by atoms with Gasteiger partial charge in [0.25, 0.3) is 0 Å². The Balaban J connectivity index is 3.11. The molecule has 0 unspecified atom stereocenters. The standard InChI is InChI=1S/C11H16N2O/c1-8-5-4-6-9(2)11(8)13(3)10(14)7-12/h4-6H,7,12H2,1-3H3. The maximum atomic E-state index is 11.4. The molecule has 0 fully saturated rings. The van der Waals surface area contributed by atoms with Gasteiger partial charge in [0.05, 0.1) is 6.54 Å². The molecule has 0 heterocycles. The van der Waals surface area contributed by atoms with Gasteiger partial charge < -0.3 is 10.6 Å². The van der Waals surface area contributed by atoms with Crippen molar-refractivity contribution in [2.24, 2.45) is 5.73 Å². The summed E-state index contributed by atoms with van der Waals surface area (Å²) in [5, 5.41) is 0. The molecule has 14 heavy (non-hydrogen) atoms. The molecule has 0 spiro atoms. The van der Waals surface area contributed by atoms with Gasteiger partial charge in [0.15, 0.2) is 0 Å². The van der Waals surface area contributed by atoms with Gasteiger partial charge in [0.1, 0.15) is 0 Å². The fourth-order valence-electron chi connectivity index (χ4n) is 1.60. The first-order valence-electron chi connectivity index (χ1n) is 4.60. The van der Waals surface area contributed by atoms with Crippen molar-refractivity contribution in [2.45, 2.75) is 13.8 Å². The van der Waals surface area contributed by atoms with Crippen LogP contribution < -0.4 is 10.6 Å². The Bertz CT molecular complexity index is 327. The molecule has 2 N–H and O–H groups in total. The van der Waals surface area contributed by atoms with Crippen molar-refractivity contribution in [1.82, 2.24) is 0 Å². The highest BCUT2D eigenvalue weighted by atomic mass is 16.2. The van der Waals surface area contributed by atoms with Crippen molar-refractivity contribution >= 4 is 11.6 Å². The predicted octanol–water partition coefficient (Wildman–Crippen LogP) is 1.22. The van der Waals surface area contributed by atoms with Crippen LogP contribution in [0.1, 0.15) is 11.1 Å². The summed E-state index contributed by atoms with van der Waals surface area (Å²) in [5.74, 6) is -0.0672. The Kier molecular flexibility index (Phi) is 3.25. The van der Waals surface area contributed by atoms with E-state index in [9.17, 15) is 4.79 Å². The van der Waals surface area contributed by atoms with E-state index in [4.69, 9.17) is 5.73 Å². The van der Waals surface area contributed by atoms with Crippen LogP contribution in [0.15, 0.2) is 18.2 Å². The zero-order chi connectivity index (χ0) is 10.7. The molecule has 0 aromatic heterocycles. The Morgan fingerprint density at radius 3 is 2.29 bits per heavy atom. The van der Waals surface area contributed by atoms with Crippen LogP contribution in [-0.2, 0) is 4.79 Å². The number of para-hydroxylation sites is 1. The van der Waals surface area contributed by atoms with Crippen molar-refractivity contribution in [2.75, 3.05) is 18.5 Å². The number of carbonyl (C=O) groups excluding carboxylic acids is 1. The van der Waals surface area contributed by atoms with Crippen LogP contribution in [0.25, 0.3) is 0 Å². The fraction of sp³-hybridized carbons (Fsp3) is 0.364. The number of nitrogens with two attached hydrogens (primary N) is 1. The van der Waals surface area contributed by atoms with E-state index >= 15 is 0 Å². The lowest BCUT2D eigenvalue weighted by Gasteiger charge is -2.20. The highest BCUT2D eigenvalue weighted by Gasteiger charge is 2.12. The van der Waals surface area contributed by atoms with E-state index in [1.807, 2.05) is 32.0 Å². The second-order valence-electron chi connectivity index (χ2n) is 3.40. The normalized spacial score (nSPS) is 10.0. The SMILES string of the molecule is Cc1cccc(C)c1N(C)C(=O)CN. The molecular weight excluding hydrogens is 176 g/mol. The molecular formula is C11H16N2O. The van der Waals surface area contributed by atoms with Crippen LogP contribution in [0.2, 0.25) is 0 Å². The lowest BCUT2D eigenvalue weighted by molar-refractivity contribution is -0.117. The van der Waals surface area contributed by atoms with E-state index in [-0.39, 0.29) is 12.5 Å². The molecule has 1 aromatic rings. The van der Waals surface area contributed by atoms with Crippen LogP contribution in [0.3, 0.4) is 0 Å². The summed E-state index contributed by atoms with van der Waals surface area (Å²) in [6, 6.07) is 5.96. The summed E-state index contributed by atoms with van der Waals surface area (Å²) in [6.07, 6.45) is 0. The van der Waals surface area contributed by atoms with Crippen molar-refractivity contribution in [3.8, 4) is 0 Å². The highest BCUT2D eigenvalue weighted by molar-refractivity contribution is 5.95. The summed E-state index contributed by atoms with van der Waals surface area (Å²) >= 11 is 0. The van der Waals surface area contributed by atoms with Crippen LogP contribution in [0.4, 0.5) is 5.69 Å². The average Bonchev–Trinajstić information content (AvgIpc) is 2.16. The van der Waals surface area contributed by atoms with Crippen LogP contribution in [-0.4, -0.2) is 19.5 Å². The molecule has 1 amide bonds. The number of aryl methyl sites for hydroxylation is 2. The summed E-state index contributed by atoms with van der Waals surface area (Å²) in [7, 11) is 1.75. The first-order chi connectivity index (χ1) is 6.57. The van der Waals surface area contributed by atoms with E-state index in [2.05, 4.69) is 0 Å².